The molecule has 0 fully saturated rings. The summed E-state index contributed by atoms with van der Waals surface area (Å²) in [5, 5.41) is 5.50. The first-order chi connectivity index (χ1) is 19.3. The number of hydrogen-bond acceptors (Lipinski definition) is 4. The number of carbonyl (C=O) groups is 4. The molecule has 2 N–H and O–H groups in total. The zero-order valence-corrected chi connectivity index (χ0v) is 21.3. The Labute approximate surface area is 230 Å². The Hall–Kier alpha value is -5.92. The van der Waals surface area contributed by atoms with E-state index in [9.17, 15) is 19.2 Å². The molecule has 5 rings (SSSR count). The highest BCUT2D eigenvalue weighted by Crippen LogP contribution is 2.31. The predicted octanol–water partition coefficient (Wildman–Crippen LogP) is 5.26. The van der Waals surface area contributed by atoms with Crippen molar-refractivity contribution >= 4 is 40.7 Å². The number of fused-ring (bicyclic) bond motifs is 1. The lowest BCUT2D eigenvalue weighted by Gasteiger charge is -2.17. The molecule has 0 unspecified atom stereocenters. The van der Waals surface area contributed by atoms with Crippen LogP contribution in [0.1, 0.15) is 58.1 Å². The fourth-order valence-electron chi connectivity index (χ4n) is 4.37. The molecule has 4 amide bonds. The summed E-state index contributed by atoms with van der Waals surface area (Å²) in [5.41, 5.74) is 3.53. The van der Waals surface area contributed by atoms with Crippen molar-refractivity contribution in [1.82, 2.24) is 0 Å². The highest BCUT2D eigenvalue weighted by atomic mass is 16.2. The van der Waals surface area contributed by atoms with Crippen LogP contribution in [0.3, 0.4) is 0 Å². The van der Waals surface area contributed by atoms with E-state index in [0.29, 0.717) is 22.5 Å². The smallest absolute Gasteiger partial charge is 0.266 e. The first kappa shape index (κ1) is 25.7. The molecule has 0 saturated heterocycles. The van der Waals surface area contributed by atoms with E-state index >= 15 is 0 Å². The standard InChI is InChI=1S/C33H21N3O4/c1-4-21-8-6-10-25(15-21)34-30(37)23-17-24(31(38)35-26-11-7-9-22(5-2)16-26)19-27(18-23)36-32(39)28-13-12-20(3)14-29(28)33(36)40/h1-2,6-19H,3H3,(H,34,37)(H,35,38). The number of nitrogens with one attached hydrogen (secondary N) is 2. The molecule has 40 heavy (non-hydrogen) atoms. The summed E-state index contributed by atoms with van der Waals surface area (Å²) in [6.07, 6.45) is 10.9. The Morgan fingerprint density at radius 2 is 1.20 bits per heavy atom. The normalized spacial score (nSPS) is 11.8. The summed E-state index contributed by atoms with van der Waals surface area (Å²) in [6.45, 7) is 1.82. The van der Waals surface area contributed by atoms with Crippen LogP contribution in [-0.4, -0.2) is 23.6 Å². The van der Waals surface area contributed by atoms with Crippen LogP contribution in [0, 0.1) is 31.6 Å². The van der Waals surface area contributed by atoms with Gasteiger partial charge >= 0.3 is 0 Å². The molecule has 192 valence electrons. The van der Waals surface area contributed by atoms with E-state index in [1.54, 1.807) is 66.7 Å². The maximum Gasteiger partial charge on any atom is 0.266 e. The third kappa shape index (κ3) is 4.96. The highest BCUT2D eigenvalue weighted by Gasteiger charge is 2.37. The number of terminal acetylenes is 2. The van der Waals surface area contributed by atoms with Crippen molar-refractivity contribution in [2.45, 2.75) is 6.92 Å². The van der Waals surface area contributed by atoms with Gasteiger partial charge in [-0.1, -0.05) is 35.6 Å². The summed E-state index contributed by atoms with van der Waals surface area (Å²) in [7, 11) is 0. The molecule has 1 aliphatic heterocycles. The van der Waals surface area contributed by atoms with E-state index in [4.69, 9.17) is 12.8 Å². The highest BCUT2D eigenvalue weighted by molar-refractivity contribution is 6.34. The van der Waals surface area contributed by atoms with Crippen molar-refractivity contribution in [3.8, 4) is 24.7 Å². The molecule has 0 atom stereocenters. The number of benzene rings is 4. The summed E-state index contributed by atoms with van der Waals surface area (Å²) in [6, 6.07) is 22.6. The van der Waals surface area contributed by atoms with Crippen LogP contribution < -0.4 is 15.5 Å². The summed E-state index contributed by atoms with van der Waals surface area (Å²) < 4.78 is 0. The van der Waals surface area contributed by atoms with Crippen LogP contribution in [0.25, 0.3) is 0 Å². The zero-order valence-electron chi connectivity index (χ0n) is 21.3. The monoisotopic (exact) mass is 523 g/mol. The number of imide groups is 1. The fourth-order valence-corrected chi connectivity index (χ4v) is 4.37. The van der Waals surface area contributed by atoms with Gasteiger partial charge in [0.15, 0.2) is 0 Å². The molecule has 4 aromatic carbocycles. The lowest BCUT2D eigenvalue weighted by Crippen LogP contribution is -2.30. The van der Waals surface area contributed by atoms with Gasteiger partial charge in [-0.05, 0) is 73.7 Å². The second-order valence-corrected chi connectivity index (χ2v) is 9.12. The van der Waals surface area contributed by atoms with Crippen LogP contribution in [0.4, 0.5) is 17.1 Å². The minimum absolute atomic E-state index is 0.0545. The quantitative estimate of drug-likeness (QED) is 0.276. The first-order valence-electron chi connectivity index (χ1n) is 12.2. The molecule has 1 heterocycles. The van der Waals surface area contributed by atoms with Gasteiger partial charge in [0.05, 0.1) is 16.8 Å². The van der Waals surface area contributed by atoms with E-state index in [1.807, 2.05) is 6.92 Å². The second kappa shape index (κ2) is 10.4. The topological polar surface area (TPSA) is 95.6 Å². The molecular formula is C33H21N3O4. The molecule has 0 spiro atoms. The number of amides is 4. The minimum Gasteiger partial charge on any atom is -0.322 e. The van der Waals surface area contributed by atoms with Crippen LogP contribution in [0.2, 0.25) is 0 Å². The Morgan fingerprint density at radius 1 is 0.675 bits per heavy atom. The van der Waals surface area contributed by atoms with Gasteiger partial charge in [-0.15, -0.1) is 12.8 Å². The van der Waals surface area contributed by atoms with Crippen molar-refractivity contribution in [1.29, 1.82) is 0 Å². The summed E-state index contributed by atoms with van der Waals surface area (Å²) in [5.74, 6) is 2.79. The molecule has 1 aliphatic rings. The number of anilines is 3. The van der Waals surface area contributed by atoms with Crippen LogP contribution >= 0.6 is 0 Å². The van der Waals surface area contributed by atoms with Crippen LogP contribution in [0.15, 0.2) is 84.9 Å². The third-order valence-corrected chi connectivity index (χ3v) is 6.32. The average molecular weight is 524 g/mol. The number of nitrogens with zero attached hydrogens (tertiary/aromatic N) is 1. The molecular weight excluding hydrogens is 502 g/mol. The maximum atomic E-state index is 13.3. The number of aryl methyl sites for hydroxylation is 1. The van der Waals surface area contributed by atoms with E-state index in [2.05, 4.69) is 22.5 Å². The maximum absolute atomic E-state index is 13.3. The fraction of sp³-hybridized carbons (Fsp3) is 0.0303. The number of rotatable bonds is 5. The van der Waals surface area contributed by atoms with Gasteiger partial charge in [-0.3, -0.25) is 19.2 Å². The van der Waals surface area contributed by atoms with E-state index in [-0.39, 0.29) is 27.9 Å². The minimum atomic E-state index is -0.563. The van der Waals surface area contributed by atoms with Gasteiger partial charge in [0.2, 0.25) is 0 Å². The molecule has 0 aliphatic carbocycles. The van der Waals surface area contributed by atoms with E-state index in [0.717, 1.165) is 10.5 Å². The number of carbonyl (C=O) groups excluding carboxylic acids is 4. The van der Waals surface area contributed by atoms with Crippen LogP contribution in [-0.2, 0) is 0 Å². The molecule has 7 heteroatoms. The largest absolute Gasteiger partial charge is 0.322 e. The van der Waals surface area contributed by atoms with Crippen LogP contribution in [0.5, 0.6) is 0 Å². The third-order valence-electron chi connectivity index (χ3n) is 6.32. The van der Waals surface area contributed by atoms with Crippen molar-refractivity contribution < 1.29 is 19.2 Å². The molecule has 0 radical (unpaired) electrons. The lowest BCUT2D eigenvalue weighted by atomic mass is 10.1. The van der Waals surface area contributed by atoms with Crippen molar-refractivity contribution in [2.75, 3.05) is 15.5 Å². The Bertz CT molecular complexity index is 1730. The lowest BCUT2D eigenvalue weighted by molar-refractivity contribution is 0.0922. The van der Waals surface area contributed by atoms with E-state index in [1.165, 1.54) is 18.2 Å². The second-order valence-electron chi connectivity index (χ2n) is 9.12. The van der Waals surface area contributed by atoms with Crippen molar-refractivity contribution in [2.24, 2.45) is 0 Å². The molecule has 0 bridgehead atoms. The van der Waals surface area contributed by atoms with Crippen molar-refractivity contribution in [3.63, 3.8) is 0 Å². The average Bonchev–Trinajstić information content (AvgIpc) is 3.21. The number of hydrogen-bond donors (Lipinski definition) is 2. The van der Waals surface area contributed by atoms with Gasteiger partial charge in [0, 0.05) is 33.6 Å². The molecule has 7 nitrogen and oxygen atoms in total. The summed E-state index contributed by atoms with van der Waals surface area (Å²) in [4.78, 5) is 54.2. The Kier molecular flexibility index (Phi) is 6.72. The molecule has 0 aromatic heterocycles. The van der Waals surface area contributed by atoms with Gasteiger partial charge < -0.3 is 10.6 Å². The van der Waals surface area contributed by atoms with Gasteiger partial charge in [0.1, 0.15) is 0 Å². The Morgan fingerprint density at radius 3 is 1.73 bits per heavy atom. The van der Waals surface area contributed by atoms with E-state index < -0.39 is 23.6 Å². The predicted molar refractivity (Wildman–Crippen MR) is 153 cm³/mol. The van der Waals surface area contributed by atoms with Gasteiger partial charge in [0.25, 0.3) is 23.6 Å². The first-order valence-corrected chi connectivity index (χ1v) is 12.2. The van der Waals surface area contributed by atoms with Gasteiger partial charge in [-0.25, -0.2) is 4.90 Å². The summed E-state index contributed by atoms with van der Waals surface area (Å²) >= 11 is 0. The SMILES string of the molecule is C#Cc1cccc(NC(=O)c2cc(C(=O)Nc3cccc(C#C)c3)cc(N3C(=O)c4ccc(C)cc4C3=O)c2)c1. The zero-order chi connectivity index (χ0) is 28.4. The van der Waals surface area contributed by atoms with Crippen molar-refractivity contribution in [3.05, 3.63) is 124 Å². The van der Waals surface area contributed by atoms with Gasteiger partial charge in [-0.2, -0.15) is 0 Å². The molecule has 0 saturated carbocycles. The molecule has 4 aromatic rings. The Balaban J connectivity index is 1.55.